The van der Waals surface area contributed by atoms with Gasteiger partial charge in [0.1, 0.15) is 5.76 Å². The molecule has 10 heteroatoms. The number of fused-ring (bicyclic) bond motifs is 1. The second kappa shape index (κ2) is 9.63. The van der Waals surface area contributed by atoms with Crippen LogP contribution < -0.4 is 4.74 Å². The van der Waals surface area contributed by atoms with Crippen LogP contribution in [0.25, 0.3) is 28.4 Å². The zero-order chi connectivity index (χ0) is 26.0. The highest BCUT2D eigenvalue weighted by molar-refractivity contribution is 5.97. The van der Waals surface area contributed by atoms with Crippen LogP contribution in [0.5, 0.6) is 34.5 Å². The highest BCUT2D eigenvalue weighted by Crippen LogP contribution is 2.40. The average Bonchev–Trinajstić information content (AvgIpc) is 3.29. The van der Waals surface area contributed by atoms with Gasteiger partial charge in [-0.1, -0.05) is 12.1 Å². The van der Waals surface area contributed by atoms with Crippen LogP contribution in [0.4, 0.5) is 0 Å². The Morgan fingerprint density at radius 2 is 1.58 bits per heavy atom. The minimum absolute atomic E-state index is 0.0430. The first-order chi connectivity index (χ1) is 17.1. The maximum atomic E-state index is 12.5. The number of phenols is 5. The van der Waals surface area contributed by atoms with Gasteiger partial charge in [-0.15, -0.1) is 0 Å². The zero-order valence-corrected chi connectivity index (χ0v) is 18.5. The van der Waals surface area contributed by atoms with Crippen molar-refractivity contribution in [3.8, 4) is 45.8 Å². The molecule has 6 N–H and O–H groups in total. The fraction of sp³-hybridized carbons (Fsp3) is 0.0769. The van der Waals surface area contributed by atoms with E-state index < -0.39 is 23.4 Å². The number of carboxylic acid groups (broad SMARTS) is 1. The van der Waals surface area contributed by atoms with E-state index in [9.17, 15) is 35.1 Å². The minimum Gasteiger partial charge on any atom is -0.504 e. The lowest BCUT2D eigenvalue weighted by molar-refractivity contribution is -0.137. The van der Waals surface area contributed by atoms with Gasteiger partial charge in [0.2, 0.25) is 5.75 Å². The summed E-state index contributed by atoms with van der Waals surface area (Å²) in [5, 5.41) is 58.7. The lowest BCUT2D eigenvalue weighted by Crippen LogP contribution is -2.07. The standard InChI is InChI=1S/C26H20O10/c27-17-6-3-15(11-20(17)30)21-12-16-13(1-8-19(29)26(16)35-21)5-10-23(33)36-25-14(4-9-22(31)32)2-7-18(28)24(25)34/h1-3,5-8,10-12,27-30,34H,4,9H2,(H,31,32). The number of benzene rings is 3. The van der Waals surface area contributed by atoms with Crippen LogP contribution in [0, 0.1) is 0 Å². The summed E-state index contributed by atoms with van der Waals surface area (Å²) in [5.74, 6) is -4.10. The van der Waals surface area contributed by atoms with E-state index >= 15 is 0 Å². The van der Waals surface area contributed by atoms with Crippen molar-refractivity contribution >= 4 is 29.0 Å². The van der Waals surface area contributed by atoms with E-state index in [2.05, 4.69) is 0 Å². The van der Waals surface area contributed by atoms with E-state index in [-0.39, 0.29) is 52.7 Å². The number of esters is 1. The summed E-state index contributed by atoms with van der Waals surface area (Å²) < 4.78 is 10.9. The molecule has 0 unspecified atom stereocenters. The van der Waals surface area contributed by atoms with Gasteiger partial charge in [-0.2, -0.15) is 0 Å². The van der Waals surface area contributed by atoms with E-state index in [1.54, 1.807) is 6.07 Å². The summed E-state index contributed by atoms with van der Waals surface area (Å²) >= 11 is 0. The quantitative estimate of drug-likeness (QED) is 0.0945. The van der Waals surface area contributed by atoms with E-state index in [1.165, 1.54) is 42.5 Å². The van der Waals surface area contributed by atoms with Crippen molar-refractivity contribution < 1.29 is 49.4 Å². The summed E-state index contributed by atoms with van der Waals surface area (Å²) in [6.07, 6.45) is 2.11. The molecule has 0 saturated heterocycles. The van der Waals surface area contributed by atoms with Crippen LogP contribution in [-0.2, 0) is 16.0 Å². The lowest BCUT2D eigenvalue weighted by Gasteiger charge is -2.11. The van der Waals surface area contributed by atoms with Gasteiger partial charge in [-0.05, 0) is 60.0 Å². The summed E-state index contributed by atoms with van der Waals surface area (Å²) in [7, 11) is 0. The SMILES string of the molecule is O=C(O)CCc1ccc(O)c(O)c1OC(=O)C=Cc1ccc(O)c2oc(-c3ccc(O)c(O)c3)cc12. The summed E-state index contributed by atoms with van der Waals surface area (Å²) in [4.78, 5) is 23.4. The lowest BCUT2D eigenvalue weighted by atomic mass is 10.1. The molecule has 4 aromatic rings. The molecule has 1 aromatic heterocycles. The smallest absolute Gasteiger partial charge is 0.336 e. The van der Waals surface area contributed by atoms with Crippen molar-refractivity contribution in [3.63, 3.8) is 0 Å². The highest BCUT2D eigenvalue weighted by Gasteiger charge is 2.18. The number of carboxylic acids is 1. The van der Waals surface area contributed by atoms with E-state index in [0.717, 1.165) is 12.1 Å². The minimum atomic E-state index is -1.09. The normalized spacial score (nSPS) is 11.2. The fourth-order valence-corrected chi connectivity index (χ4v) is 3.54. The van der Waals surface area contributed by atoms with Crippen LogP contribution in [0.15, 0.2) is 59.0 Å². The molecule has 0 aliphatic heterocycles. The number of ether oxygens (including phenoxy) is 1. The molecule has 0 aliphatic rings. The average molecular weight is 492 g/mol. The molecule has 4 rings (SSSR count). The zero-order valence-electron chi connectivity index (χ0n) is 18.5. The van der Waals surface area contributed by atoms with Gasteiger partial charge in [0.25, 0.3) is 0 Å². The number of aromatic hydroxyl groups is 5. The number of aryl methyl sites for hydroxylation is 1. The summed E-state index contributed by atoms with van der Waals surface area (Å²) in [5.41, 5.74) is 1.24. The van der Waals surface area contributed by atoms with Crippen molar-refractivity contribution in [2.75, 3.05) is 0 Å². The predicted molar refractivity (Wildman–Crippen MR) is 127 cm³/mol. The van der Waals surface area contributed by atoms with Crippen molar-refractivity contribution in [1.82, 2.24) is 0 Å². The maximum absolute atomic E-state index is 12.5. The molecule has 0 radical (unpaired) electrons. The number of hydrogen-bond acceptors (Lipinski definition) is 9. The first-order valence-electron chi connectivity index (χ1n) is 10.6. The molecule has 0 bridgehead atoms. The van der Waals surface area contributed by atoms with Crippen LogP contribution in [0.2, 0.25) is 0 Å². The third-order valence-corrected chi connectivity index (χ3v) is 5.36. The molecular formula is C26H20O10. The third-order valence-electron chi connectivity index (χ3n) is 5.36. The Labute approximate surface area is 203 Å². The number of hydrogen-bond donors (Lipinski definition) is 6. The van der Waals surface area contributed by atoms with Crippen molar-refractivity contribution in [1.29, 1.82) is 0 Å². The van der Waals surface area contributed by atoms with Crippen molar-refractivity contribution in [2.24, 2.45) is 0 Å². The molecule has 1 heterocycles. The van der Waals surface area contributed by atoms with Crippen molar-refractivity contribution in [3.05, 3.63) is 65.7 Å². The molecule has 0 saturated carbocycles. The molecule has 0 spiro atoms. The molecular weight excluding hydrogens is 472 g/mol. The molecule has 184 valence electrons. The summed E-state index contributed by atoms with van der Waals surface area (Å²) in [6.45, 7) is 0. The maximum Gasteiger partial charge on any atom is 0.336 e. The first kappa shape index (κ1) is 24.0. The Kier molecular flexibility index (Phi) is 6.42. The van der Waals surface area contributed by atoms with Crippen LogP contribution in [0.1, 0.15) is 17.5 Å². The summed E-state index contributed by atoms with van der Waals surface area (Å²) in [6, 6.07) is 11.1. The number of aliphatic carboxylic acids is 1. The van der Waals surface area contributed by atoms with Crippen LogP contribution >= 0.6 is 0 Å². The van der Waals surface area contributed by atoms with Crippen LogP contribution in [-0.4, -0.2) is 42.6 Å². The number of carbonyl (C=O) groups excluding carboxylic acids is 1. The fourth-order valence-electron chi connectivity index (χ4n) is 3.54. The van der Waals surface area contributed by atoms with E-state index in [4.69, 9.17) is 14.3 Å². The van der Waals surface area contributed by atoms with Gasteiger partial charge >= 0.3 is 11.9 Å². The molecule has 0 amide bonds. The Morgan fingerprint density at radius 3 is 2.31 bits per heavy atom. The monoisotopic (exact) mass is 492 g/mol. The van der Waals surface area contributed by atoms with Gasteiger partial charge < -0.3 is 39.8 Å². The van der Waals surface area contributed by atoms with Gasteiger partial charge in [0.15, 0.2) is 34.3 Å². The Balaban J connectivity index is 1.63. The highest BCUT2D eigenvalue weighted by atomic mass is 16.5. The van der Waals surface area contributed by atoms with Gasteiger partial charge in [-0.3, -0.25) is 4.79 Å². The van der Waals surface area contributed by atoms with Gasteiger partial charge in [-0.25, -0.2) is 4.79 Å². The second-order valence-electron chi connectivity index (χ2n) is 7.80. The second-order valence-corrected chi connectivity index (χ2v) is 7.80. The molecule has 0 aliphatic carbocycles. The Bertz CT molecular complexity index is 1510. The van der Waals surface area contributed by atoms with Gasteiger partial charge in [0.05, 0.1) is 0 Å². The third kappa shape index (κ3) is 4.87. The Hall–Kier alpha value is -5.12. The van der Waals surface area contributed by atoms with Crippen LogP contribution in [0.3, 0.4) is 0 Å². The number of carbonyl (C=O) groups is 2. The predicted octanol–water partition coefficient (Wildman–Crippen LogP) is 4.26. The first-order valence-corrected chi connectivity index (χ1v) is 10.6. The molecule has 10 nitrogen and oxygen atoms in total. The van der Waals surface area contributed by atoms with E-state index in [1.807, 2.05) is 0 Å². The van der Waals surface area contributed by atoms with E-state index in [0.29, 0.717) is 16.5 Å². The largest absolute Gasteiger partial charge is 0.504 e. The molecule has 3 aromatic carbocycles. The molecule has 0 fully saturated rings. The van der Waals surface area contributed by atoms with Crippen molar-refractivity contribution in [2.45, 2.75) is 12.8 Å². The number of phenolic OH excluding ortho intramolecular Hbond substituents is 5. The Morgan fingerprint density at radius 1 is 0.861 bits per heavy atom. The number of rotatable bonds is 7. The molecule has 0 atom stereocenters. The van der Waals surface area contributed by atoms with Gasteiger partial charge in [0, 0.05) is 23.4 Å². The molecule has 36 heavy (non-hydrogen) atoms. The number of furan rings is 1. The topological polar surface area (TPSA) is 178 Å².